The van der Waals surface area contributed by atoms with Gasteiger partial charge < -0.3 is 5.32 Å². The van der Waals surface area contributed by atoms with Crippen molar-refractivity contribution in [3.8, 4) is 0 Å². The van der Waals surface area contributed by atoms with Crippen LogP contribution in [0.1, 0.15) is 0 Å². The smallest absolute Gasteiger partial charge is 0.233 e. The first-order valence-corrected chi connectivity index (χ1v) is 6.56. The van der Waals surface area contributed by atoms with Crippen molar-refractivity contribution >= 4 is 22.6 Å². The highest BCUT2D eigenvalue weighted by Gasteiger charge is 2.03. The van der Waals surface area contributed by atoms with Gasteiger partial charge in [0.25, 0.3) is 0 Å². The summed E-state index contributed by atoms with van der Waals surface area (Å²) < 4.78 is 12.5. The van der Waals surface area contributed by atoms with E-state index >= 15 is 0 Å². The lowest BCUT2D eigenvalue weighted by molar-refractivity contribution is -0.113. The van der Waals surface area contributed by atoms with Crippen LogP contribution in [0.5, 0.6) is 0 Å². The molecule has 0 aliphatic heterocycles. The summed E-state index contributed by atoms with van der Waals surface area (Å²) in [7, 11) is -0.256. The Morgan fingerprint density at radius 2 is 2.29 bits per heavy atom. The quantitative estimate of drug-likeness (QED) is 0.750. The Balaban J connectivity index is 2.52. The van der Waals surface area contributed by atoms with Crippen molar-refractivity contribution in [1.82, 2.24) is 4.98 Å². The summed E-state index contributed by atoms with van der Waals surface area (Å²) in [5.74, 6) is 0.429. The molecule has 1 N–H and O–H groups in total. The molecule has 0 fully saturated rings. The molecule has 0 saturated heterocycles. The number of amides is 1. The van der Waals surface area contributed by atoms with Crippen molar-refractivity contribution < 1.29 is 9.18 Å². The van der Waals surface area contributed by atoms with E-state index in [1.807, 2.05) is 12.5 Å². The molecule has 0 aromatic carbocycles. The van der Waals surface area contributed by atoms with Crippen molar-refractivity contribution in [2.75, 3.05) is 23.6 Å². The van der Waals surface area contributed by atoms with Gasteiger partial charge in [-0.25, -0.2) is 9.37 Å². The Kier molecular flexibility index (Phi) is 3.88. The van der Waals surface area contributed by atoms with E-state index in [0.29, 0.717) is 11.6 Å². The van der Waals surface area contributed by atoms with Gasteiger partial charge in [0.05, 0.1) is 11.9 Å². The van der Waals surface area contributed by atoms with Crippen LogP contribution in [-0.4, -0.2) is 29.2 Å². The monoisotopic (exact) mass is 216 g/mol. The molecule has 0 aliphatic rings. The Bertz CT molecular complexity index is 313. The topological polar surface area (TPSA) is 42.0 Å². The van der Waals surface area contributed by atoms with Gasteiger partial charge in [-0.3, -0.25) is 15.7 Å². The molecular weight excluding hydrogens is 203 g/mol. The lowest BCUT2D eigenvalue weighted by atomic mass is 10.4. The van der Waals surface area contributed by atoms with Crippen LogP contribution < -0.4 is 5.32 Å². The third kappa shape index (κ3) is 3.74. The summed E-state index contributed by atoms with van der Waals surface area (Å²) in [6, 6.07) is 2.71. The van der Waals surface area contributed by atoms with Gasteiger partial charge in [0.15, 0.2) is 0 Å². The fourth-order valence-electron chi connectivity index (χ4n) is 0.919. The summed E-state index contributed by atoms with van der Waals surface area (Å²) in [5, 5.41) is 2.60. The van der Waals surface area contributed by atoms with Crippen molar-refractivity contribution in [3.05, 3.63) is 24.1 Å². The van der Waals surface area contributed by atoms with Crippen LogP contribution in [0.15, 0.2) is 18.3 Å². The maximum absolute atomic E-state index is 12.5. The van der Waals surface area contributed by atoms with E-state index in [9.17, 15) is 9.18 Å². The number of anilines is 1. The van der Waals surface area contributed by atoms with Crippen molar-refractivity contribution in [3.63, 3.8) is 0 Å². The third-order valence-corrected chi connectivity index (χ3v) is 2.37. The van der Waals surface area contributed by atoms with Crippen molar-refractivity contribution in [1.29, 1.82) is 0 Å². The molecule has 14 heavy (non-hydrogen) atoms. The molecule has 0 radical (unpaired) electrons. The molecule has 1 heterocycles. The van der Waals surface area contributed by atoms with Crippen LogP contribution in [0, 0.1) is 5.82 Å². The summed E-state index contributed by atoms with van der Waals surface area (Å²) in [5.41, 5.74) is 0. The first-order valence-electron chi connectivity index (χ1n) is 4.14. The molecule has 0 bridgehead atoms. The van der Waals surface area contributed by atoms with Crippen LogP contribution in [0.25, 0.3) is 0 Å². The molecule has 0 saturated carbocycles. The number of pyridine rings is 1. The summed E-state index contributed by atoms with van der Waals surface area (Å²) in [6.45, 7) is 0. The minimum absolute atomic E-state index is 0.0692. The van der Waals surface area contributed by atoms with Gasteiger partial charge in [0.1, 0.15) is 11.6 Å². The van der Waals surface area contributed by atoms with E-state index in [-0.39, 0.29) is 16.8 Å². The van der Waals surface area contributed by atoms with Crippen LogP contribution in [0.2, 0.25) is 0 Å². The van der Waals surface area contributed by atoms with E-state index in [1.54, 1.807) is 0 Å². The molecule has 1 aromatic rings. The highest BCUT2D eigenvalue weighted by molar-refractivity contribution is 8.16. The normalized spacial score (nSPS) is 10.9. The van der Waals surface area contributed by atoms with Crippen LogP contribution >= 0.6 is 10.9 Å². The molecule has 1 rings (SSSR count). The van der Waals surface area contributed by atoms with Crippen LogP contribution in [0.4, 0.5) is 10.2 Å². The van der Waals surface area contributed by atoms with Gasteiger partial charge in [-0.2, -0.15) is 0 Å². The minimum Gasteiger partial charge on any atom is -0.310 e. The molecule has 0 atom stereocenters. The van der Waals surface area contributed by atoms with E-state index in [1.165, 1.54) is 12.1 Å². The Hall–Kier alpha value is -1.10. The van der Waals surface area contributed by atoms with E-state index in [2.05, 4.69) is 10.3 Å². The van der Waals surface area contributed by atoms with E-state index in [4.69, 9.17) is 0 Å². The zero-order valence-corrected chi connectivity index (χ0v) is 9.01. The largest absolute Gasteiger partial charge is 0.310 e. The zero-order chi connectivity index (χ0) is 10.6. The van der Waals surface area contributed by atoms with Gasteiger partial charge in [0, 0.05) is 0 Å². The standard InChI is InChI=1S/C9H13FN2OS/c1-14(2)6-9(13)12-8-4-3-7(10)5-11-8/h3-5,14H,6H2,1-2H3,(H,11,12,13). The second-order valence-electron chi connectivity index (χ2n) is 3.15. The molecule has 0 aliphatic carbocycles. The second-order valence-corrected chi connectivity index (χ2v) is 5.62. The molecule has 3 nitrogen and oxygen atoms in total. The third-order valence-electron chi connectivity index (χ3n) is 1.45. The SMILES string of the molecule is C[SH](C)CC(=O)Nc1ccc(F)cn1. The summed E-state index contributed by atoms with van der Waals surface area (Å²) in [6.07, 6.45) is 5.12. The average molecular weight is 216 g/mol. The molecule has 1 amide bonds. The number of nitrogens with zero attached hydrogens (tertiary/aromatic N) is 1. The summed E-state index contributed by atoms with van der Waals surface area (Å²) in [4.78, 5) is 15.0. The molecule has 78 valence electrons. The number of hydrogen-bond acceptors (Lipinski definition) is 2. The Labute approximate surface area is 85.1 Å². The lowest BCUT2D eigenvalue weighted by Crippen LogP contribution is -2.16. The number of thiol groups is 1. The lowest BCUT2D eigenvalue weighted by Gasteiger charge is -2.08. The first-order chi connectivity index (χ1) is 6.58. The number of nitrogens with one attached hydrogen (secondary N) is 1. The number of carbonyl (C=O) groups excluding carboxylic acids is 1. The number of carbonyl (C=O) groups is 1. The van der Waals surface area contributed by atoms with Gasteiger partial charge in [-0.1, -0.05) is 0 Å². The van der Waals surface area contributed by atoms with E-state index < -0.39 is 5.82 Å². The second kappa shape index (κ2) is 4.95. The average Bonchev–Trinajstić information content (AvgIpc) is 2.07. The van der Waals surface area contributed by atoms with Gasteiger partial charge in [-0.05, 0) is 24.6 Å². The Morgan fingerprint density at radius 3 is 2.79 bits per heavy atom. The molecule has 1 aromatic heterocycles. The highest BCUT2D eigenvalue weighted by Crippen LogP contribution is 2.13. The number of halogens is 1. The van der Waals surface area contributed by atoms with Crippen LogP contribution in [-0.2, 0) is 4.79 Å². The van der Waals surface area contributed by atoms with Gasteiger partial charge in [-0.15, -0.1) is 0 Å². The molecule has 0 spiro atoms. The van der Waals surface area contributed by atoms with Gasteiger partial charge in [0.2, 0.25) is 5.91 Å². The van der Waals surface area contributed by atoms with Crippen molar-refractivity contribution in [2.45, 2.75) is 0 Å². The predicted molar refractivity (Wildman–Crippen MR) is 58.5 cm³/mol. The fourth-order valence-corrected chi connectivity index (χ4v) is 1.57. The zero-order valence-electron chi connectivity index (χ0n) is 8.12. The summed E-state index contributed by atoms with van der Waals surface area (Å²) >= 11 is 0. The first kappa shape index (κ1) is 11.0. The number of aromatic nitrogens is 1. The fraction of sp³-hybridized carbons (Fsp3) is 0.333. The van der Waals surface area contributed by atoms with Crippen molar-refractivity contribution in [2.24, 2.45) is 0 Å². The van der Waals surface area contributed by atoms with Gasteiger partial charge >= 0.3 is 0 Å². The molecule has 5 heteroatoms. The highest BCUT2D eigenvalue weighted by atomic mass is 32.2. The Morgan fingerprint density at radius 1 is 1.57 bits per heavy atom. The molecular formula is C9H13FN2OS. The number of hydrogen-bond donors (Lipinski definition) is 2. The maximum Gasteiger partial charge on any atom is 0.233 e. The minimum atomic E-state index is -0.406. The van der Waals surface area contributed by atoms with Crippen LogP contribution in [0.3, 0.4) is 0 Å². The van der Waals surface area contributed by atoms with E-state index in [0.717, 1.165) is 6.20 Å². The predicted octanol–water partition coefficient (Wildman–Crippen LogP) is 1.42. The molecule has 0 unspecified atom stereocenters. The number of rotatable bonds is 3. The maximum atomic E-state index is 12.5.